The molecule has 2 rings (SSSR count). The van der Waals surface area contributed by atoms with Gasteiger partial charge in [0.1, 0.15) is 0 Å². The molecule has 0 radical (unpaired) electrons. The fourth-order valence-corrected chi connectivity index (χ4v) is 2.12. The molecule has 0 aliphatic heterocycles. The van der Waals surface area contributed by atoms with Gasteiger partial charge in [0.2, 0.25) is 0 Å². The number of pyridine rings is 1. The van der Waals surface area contributed by atoms with Crippen molar-refractivity contribution in [3.05, 3.63) is 64.5 Å². The van der Waals surface area contributed by atoms with Crippen molar-refractivity contribution in [2.24, 2.45) is 0 Å². The highest BCUT2D eigenvalue weighted by molar-refractivity contribution is 5.95. The Morgan fingerprint density at radius 2 is 1.78 bits per heavy atom. The monoisotopic (exact) mass is 239 g/mol. The third-order valence-electron chi connectivity index (χ3n) is 3.13. The van der Waals surface area contributed by atoms with Crippen molar-refractivity contribution in [1.82, 2.24) is 4.98 Å². The predicted octanol–water partition coefficient (Wildman–Crippen LogP) is 3.49. The van der Waals surface area contributed by atoms with Gasteiger partial charge < -0.3 is 0 Å². The molecule has 0 N–H and O–H groups in total. The molecule has 0 spiro atoms. The number of carbonyl (C=O) groups excluding carboxylic acids is 1. The van der Waals surface area contributed by atoms with Crippen LogP contribution in [0.1, 0.15) is 39.8 Å². The van der Waals surface area contributed by atoms with Crippen LogP contribution in [0.5, 0.6) is 0 Å². The first kappa shape index (κ1) is 12.5. The molecule has 1 aromatic carbocycles. The van der Waals surface area contributed by atoms with Crippen molar-refractivity contribution >= 4 is 5.78 Å². The third kappa shape index (κ3) is 2.65. The summed E-state index contributed by atoms with van der Waals surface area (Å²) in [5, 5.41) is 0. The Balaban J connectivity index is 2.39. The summed E-state index contributed by atoms with van der Waals surface area (Å²) in [7, 11) is 0. The van der Waals surface area contributed by atoms with Crippen molar-refractivity contribution in [2.45, 2.75) is 27.2 Å². The minimum atomic E-state index is 0.0781. The van der Waals surface area contributed by atoms with Crippen molar-refractivity contribution in [2.75, 3.05) is 0 Å². The van der Waals surface area contributed by atoms with Gasteiger partial charge in [0.15, 0.2) is 5.78 Å². The second-order valence-electron chi connectivity index (χ2n) is 4.58. The van der Waals surface area contributed by atoms with E-state index >= 15 is 0 Å². The van der Waals surface area contributed by atoms with Crippen molar-refractivity contribution in [3.8, 4) is 0 Å². The van der Waals surface area contributed by atoms with Crippen LogP contribution in [0.3, 0.4) is 0 Å². The van der Waals surface area contributed by atoms with Crippen LogP contribution < -0.4 is 0 Å². The zero-order valence-electron chi connectivity index (χ0n) is 11.0. The Kier molecular flexibility index (Phi) is 3.56. The first-order valence-corrected chi connectivity index (χ1v) is 6.10. The molecule has 0 unspecified atom stereocenters. The normalized spacial score (nSPS) is 10.4. The number of hydrogen-bond acceptors (Lipinski definition) is 2. The standard InChI is InChI=1S/C16H17NO/c1-11-15(9-14-7-5-4-6-8-14)10-16(13(3)18)12(2)17-11/h4-8,10H,9H2,1-3H3. The maximum absolute atomic E-state index is 11.5. The van der Waals surface area contributed by atoms with E-state index in [2.05, 4.69) is 17.1 Å². The molecule has 2 nitrogen and oxygen atoms in total. The van der Waals surface area contributed by atoms with Crippen LogP contribution in [0.25, 0.3) is 0 Å². The number of benzene rings is 1. The van der Waals surface area contributed by atoms with E-state index in [1.165, 1.54) is 5.56 Å². The zero-order chi connectivity index (χ0) is 13.1. The van der Waals surface area contributed by atoms with Crippen molar-refractivity contribution in [3.63, 3.8) is 0 Å². The minimum Gasteiger partial charge on any atom is -0.294 e. The first-order chi connectivity index (χ1) is 8.58. The summed E-state index contributed by atoms with van der Waals surface area (Å²) < 4.78 is 0. The highest BCUT2D eigenvalue weighted by atomic mass is 16.1. The lowest BCUT2D eigenvalue weighted by atomic mass is 10.00. The molecule has 0 aliphatic rings. The smallest absolute Gasteiger partial charge is 0.161 e. The molecule has 0 saturated carbocycles. The Bertz CT molecular complexity index is 573. The van der Waals surface area contributed by atoms with Gasteiger partial charge in [-0.1, -0.05) is 30.3 Å². The van der Waals surface area contributed by atoms with Gasteiger partial charge in [-0.15, -0.1) is 0 Å². The summed E-state index contributed by atoms with van der Waals surface area (Å²) in [6, 6.07) is 12.2. The molecule has 0 amide bonds. The minimum absolute atomic E-state index is 0.0781. The van der Waals surface area contributed by atoms with Gasteiger partial charge in [-0.3, -0.25) is 9.78 Å². The fraction of sp³-hybridized carbons (Fsp3) is 0.250. The summed E-state index contributed by atoms with van der Waals surface area (Å²) in [6.07, 6.45) is 0.820. The summed E-state index contributed by atoms with van der Waals surface area (Å²) in [4.78, 5) is 16.0. The maximum atomic E-state index is 11.5. The van der Waals surface area contributed by atoms with E-state index in [4.69, 9.17) is 0 Å². The molecule has 0 bridgehead atoms. The van der Waals surface area contributed by atoms with Crippen LogP contribution in [0, 0.1) is 13.8 Å². The van der Waals surface area contributed by atoms with Gasteiger partial charge in [-0.05, 0) is 44.4 Å². The summed E-state index contributed by atoms with van der Waals surface area (Å²) >= 11 is 0. The number of ketones is 1. The average Bonchev–Trinajstić information content (AvgIpc) is 2.33. The lowest BCUT2D eigenvalue weighted by molar-refractivity contribution is 0.101. The van der Waals surface area contributed by atoms with Crippen LogP contribution in [0.2, 0.25) is 0 Å². The third-order valence-corrected chi connectivity index (χ3v) is 3.13. The number of hydrogen-bond donors (Lipinski definition) is 0. The molecule has 0 saturated heterocycles. The van der Waals surface area contributed by atoms with Crippen molar-refractivity contribution in [1.29, 1.82) is 0 Å². The Morgan fingerprint density at radius 1 is 1.11 bits per heavy atom. The van der Waals surface area contributed by atoms with E-state index in [0.717, 1.165) is 28.9 Å². The molecule has 2 aromatic rings. The second kappa shape index (κ2) is 5.13. The van der Waals surface area contributed by atoms with E-state index in [-0.39, 0.29) is 5.78 Å². The lowest BCUT2D eigenvalue weighted by Crippen LogP contribution is -2.04. The van der Waals surface area contributed by atoms with Gasteiger partial charge >= 0.3 is 0 Å². The molecule has 18 heavy (non-hydrogen) atoms. The van der Waals surface area contributed by atoms with Gasteiger partial charge in [0.05, 0.1) is 0 Å². The molecule has 92 valence electrons. The number of aromatic nitrogens is 1. The highest BCUT2D eigenvalue weighted by Gasteiger charge is 2.10. The van der Waals surface area contributed by atoms with E-state index in [1.54, 1.807) is 6.92 Å². The zero-order valence-corrected chi connectivity index (χ0v) is 11.0. The van der Waals surface area contributed by atoms with Crippen LogP contribution in [-0.4, -0.2) is 10.8 Å². The second-order valence-corrected chi connectivity index (χ2v) is 4.58. The Labute approximate surface area is 108 Å². The van der Waals surface area contributed by atoms with Crippen LogP contribution in [0.4, 0.5) is 0 Å². The average molecular weight is 239 g/mol. The van der Waals surface area contributed by atoms with Gasteiger partial charge in [-0.25, -0.2) is 0 Å². The molecule has 0 aliphatic carbocycles. The largest absolute Gasteiger partial charge is 0.294 e. The molecule has 0 atom stereocenters. The summed E-state index contributed by atoms with van der Waals surface area (Å²) in [5.74, 6) is 0.0781. The summed E-state index contributed by atoms with van der Waals surface area (Å²) in [5.41, 5.74) is 4.91. The topological polar surface area (TPSA) is 30.0 Å². The summed E-state index contributed by atoms with van der Waals surface area (Å²) in [6.45, 7) is 5.47. The lowest BCUT2D eigenvalue weighted by Gasteiger charge is -2.09. The maximum Gasteiger partial charge on any atom is 0.161 e. The van der Waals surface area contributed by atoms with Gasteiger partial charge in [0, 0.05) is 17.0 Å². The van der Waals surface area contributed by atoms with E-state index in [0.29, 0.717) is 0 Å². The highest BCUT2D eigenvalue weighted by Crippen LogP contribution is 2.17. The number of rotatable bonds is 3. The Morgan fingerprint density at radius 3 is 2.39 bits per heavy atom. The molecule has 1 aromatic heterocycles. The molecule has 0 fully saturated rings. The fourth-order valence-electron chi connectivity index (χ4n) is 2.12. The van der Waals surface area contributed by atoms with Crippen LogP contribution in [-0.2, 0) is 6.42 Å². The molecule has 2 heteroatoms. The van der Waals surface area contributed by atoms with Gasteiger partial charge in [-0.2, -0.15) is 0 Å². The quantitative estimate of drug-likeness (QED) is 0.767. The first-order valence-electron chi connectivity index (χ1n) is 6.10. The number of nitrogens with zero attached hydrogens (tertiary/aromatic N) is 1. The number of Topliss-reactive ketones (excluding diaryl/α,β-unsaturated/α-hetero) is 1. The number of aryl methyl sites for hydroxylation is 2. The van der Waals surface area contributed by atoms with Crippen molar-refractivity contribution < 1.29 is 4.79 Å². The van der Waals surface area contributed by atoms with Crippen LogP contribution >= 0.6 is 0 Å². The Hall–Kier alpha value is -1.96. The predicted molar refractivity (Wildman–Crippen MR) is 73.0 cm³/mol. The van der Waals surface area contributed by atoms with E-state index < -0.39 is 0 Å². The number of carbonyl (C=O) groups is 1. The van der Waals surface area contributed by atoms with E-state index in [9.17, 15) is 4.79 Å². The molecular weight excluding hydrogens is 222 g/mol. The van der Waals surface area contributed by atoms with E-state index in [1.807, 2.05) is 38.1 Å². The SMILES string of the molecule is CC(=O)c1cc(Cc2ccccc2)c(C)nc1C. The molecule has 1 heterocycles. The molecular formula is C16H17NO. The van der Waals surface area contributed by atoms with Gasteiger partial charge in [0.25, 0.3) is 0 Å². The van der Waals surface area contributed by atoms with Crippen LogP contribution in [0.15, 0.2) is 36.4 Å².